The van der Waals surface area contributed by atoms with Gasteiger partial charge in [-0.25, -0.2) is 4.79 Å². The Kier molecular flexibility index (Phi) is 6.18. The van der Waals surface area contributed by atoms with Crippen LogP contribution in [0.3, 0.4) is 0 Å². The number of likely N-dealkylation sites (N-methyl/N-ethyl adjacent to an activating group) is 1. The third kappa shape index (κ3) is 4.73. The maximum atomic E-state index is 11.6. The fourth-order valence-corrected chi connectivity index (χ4v) is 1.48. The zero-order valence-electron chi connectivity index (χ0n) is 10.8. The van der Waals surface area contributed by atoms with E-state index in [-0.39, 0.29) is 12.6 Å². The number of urea groups is 1. The largest absolute Gasteiger partial charge is 0.395 e. The molecule has 0 aromatic heterocycles. The fraction of sp³-hybridized carbons (Fsp3) is 0.462. The van der Waals surface area contributed by atoms with Gasteiger partial charge in [0.15, 0.2) is 0 Å². The number of aliphatic hydroxyl groups excluding tert-OH is 1. The summed E-state index contributed by atoms with van der Waals surface area (Å²) in [6.07, 6.45) is 0. The van der Waals surface area contributed by atoms with Gasteiger partial charge in [0.25, 0.3) is 0 Å². The van der Waals surface area contributed by atoms with Crippen LogP contribution in [0.5, 0.6) is 0 Å². The molecule has 0 fully saturated rings. The lowest BCUT2D eigenvalue weighted by Gasteiger charge is -2.16. The van der Waals surface area contributed by atoms with E-state index >= 15 is 0 Å². The van der Waals surface area contributed by atoms with E-state index in [1.807, 2.05) is 24.3 Å². The number of nitrogens with one attached hydrogen (secondary N) is 1. The smallest absolute Gasteiger partial charge is 0.317 e. The highest BCUT2D eigenvalue weighted by molar-refractivity contribution is 5.73. The molecular weight excluding hydrogens is 232 g/mol. The summed E-state index contributed by atoms with van der Waals surface area (Å²) in [5, 5.41) is 11.5. The van der Waals surface area contributed by atoms with Crippen molar-refractivity contribution in [3.8, 4) is 0 Å². The summed E-state index contributed by atoms with van der Waals surface area (Å²) >= 11 is 0. The summed E-state index contributed by atoms with van der Waals surface area (Å²) in [7, 11) is 3.30. The van der Waals surface area contributed by atoms with Crippen molar-refractivity contribution in [2.24, 2.45) is 0 Å². The first-order chi connectivity index (χ1) is 8.67. The van der Waals surface area contributed by atoms with E-state index in [9.17, 15) is 4.79 Å². The topological polar surface area (TPSA) is 61.8 Å². The molecular formula is C13H20N2O3. The molecule has 0 bridgehead atoms. The summed E-state index contributed by atoms with van der Waals surface area (Å²) in [5.41, 5.74) is 2.13. The van der Waals surface area contributed by atoms with Crippen LogP contribution in [0.4, 0.5) is 4.79 Å². The molecule has 0 spiro atoms. The number of hydrogen-bond donors (Lipinski definition) is 2. The Balaban J connectivity index is 2.41. The minimum absolute atomic E-state index is 0.0321. The van der Waals surface area contributed by atoms with Crippen molar-refractivity contribution in [2.75, 3.05) is 27.3 Å². The van der Waals surface area contributed by atoms with Crippen LogP contribution >= 0.6 is 0 Å². The number of carbonyl (C=O) groups is 1. The molecule has 1 aromatic rings. The Hall–Kier alpha value is -1.59. The SMILES string of the molecule is COCc1ccc(CNC(=O)N(C)CCO)cc1. The Labute approximate surface area is 107 Å². The minimum Gasteiger partial charge on any atom is -0.395 e. The van der Waals surface area contributed by atoms with E-state index in [0.29, 0.717) is 19.7 Å². The van der Waals surface area contributed by atoms with Crippen LogP contribution in [0, 0.1) is 0 Å². The molecule has 0 saturated carbocycles. The van der Waals surface area contributed by atoms with Gasteiger partial charge in [-0.2, -0.15) is 0 Å². The van der Waals surface area contributed by atoms with E-state index in [1.165, 1.54) is 4.90 Å². The summed E-state index contributed by atoms with van der Waals surface area (Å²) in [6, 6.07) is 7.68. The van der Waals surface area contributed by atoms with Gasteiger partial charge in [0.05, 0.1) is 13.2 Å². The minimum atomic E-state index is -0.190. The van der Waals surface area contributed by atoms with E-state index in [2.05, 4.69) is 5.32 Å². The third-order valence-electron chi connectivity index (χ3n) is 2.56. The Morgan fingerprint density at radius 1 is 1.33 bits per heavy atom. The molecule has 1 aromatic carbocycles. The molecule has 0 radical (unpaired) electrons. The molecule has 0 aliphatic heterocycles. The Morgan fingerprint density at radius 2 is 1.94 bits per heavy atom. The van der Waals surface area contributed by atoms with Gasteiger partial charge < -0.3 is 20.1 Å². The third-order valence-corrected chi connectivity index (χ3v) is 2.56. The number of nitrogens with zero attached hydrogens (tertiary/aromatic N) is 1. The van der Waals surface area contributed by atoms with Crippen molar-refractivity contribution >= 4 is 6.03 Å². The molecule has 0 aliphatic rings. The van der Waals surface area contributed by atoms with Gasteiger partial charge >= 0.3 is 6.03 Å². The lowest BCUT2D eigenvalue weighted by molar-refractivity contribution is 0.185. The van der Waals surface area contributed by atoms with Crippen molar-refractivity contribution in [1.82, 2.24) is 10.2 Å². The van der Waals surface area contributed by atoms with Crippen molar-refractivity contribution < 1.29 is 14.6 Å². The second kappa shape index (κ2) is 7.68. The van der Waals surface area contributed by atoms with E-state index < -0.39 is 0 Å². The standard InChI is InChI=1S/C13H20N2O3/c1-15(7-8-16)13(17)14-9-11-3-5-12(6-4-11)10-18-2/h3-6,16H,7-10H2,1-2H3,(H,14,17). The maximum absolute atomic E-state index is 11.6. The summed E-state index contributed by atoms with van der Waals surface area (Å²) in [5.74, 6) is 0. The van der Waals surface area contributed by atoms with Crippen molar-refractivity contribution in [1.29, 1.82) is 0 Å². The zero-order valence-corrected chi connectivity index (χ0v) is 10.8. The monoisotopic (exact) mass is 252 g/mol. The van der Waals surface area contributed by atoms with Gasteiger partial charge in [-0.1, -0.05) is 24.3 Å². The number of carbonyl (C=O) groups excluding carboxylic acids is 1. The van der Waals surface area contributed by atoms with Crippen LogP contribution in [-0.4, -0.2) is 43.3 Å². The summed E-state index contributed by atoms with van der Waals surface area (Å²) in [6.45, 7) is 1.36. The number of methoxy groups -OCH3 is 1. The first-order valence-electron chi connectivity index (χ1n) is 5.84. The highest BCUT2D eigenvalue weighted by atomic mass is 16.5. The molecule has 5 heteroatoms. The number of amides is 2. The molecule has 0 atom stereocenters. The molecule has 5 nitrogen and oxygen atoms in total. The quantitative estimate of drug-likeness (QED) is 0.793. The van der Waals surface area contributed by atoms with Gasteiger partial charge in [-0.05, 0) is 11.1 Å². The van der Waals surface area contributed by atoms with Crippen LogP contribution in [0.25, 0.3) is 0 Å². The predicted octanol–water partition coefficient (Wildman–Crippen LogP) is 0.967. The number of aliphatic hydroxyl groups is 1. The number of rotatable bonds is 6. The summed E-state index contributed by atoms with van der Waals surface area (Å²) in [4.78, 5) is 13.0. The number of ether oxygens (including phenoxy) is 1. The lowest BCUT2D eigenvalue weighted by atomic mass is 10.1. The van der Waals surface area contributed by atoms with Gasteiger partial charge in [-0.15, -0.1) is 0 Å². The van der Waals surface area contributed by atoms with E-state index in [4.69, 9.17) is 9.84 Å². The van der Waals surface area contributed by atoms with Gasteiger partial charge in [-0.3, -0.25) is 0 Å². The Bertz CT molecular complexity index is 365. The summed E-state index contributed by atoms with van der Waals surface area (Å²) < 4.78 is 5.02. The molecule has 0 unspecified atom stereocenters. The van der Waals surface area contributed by atoms with Crippen LogP contribution in [-0.2, 0) is 17.9 Å². The average molecular weight is 252 g/mol. The molecule has 0 saturated heterocycles. The number of hydrogen-bond acceptors (Lipinski definition) is 3. The Morgan fingerprint density at radius 3 is 2.50 bits per heavy atom. The molecule has 0 aliphatic carbocycles. The van der Waals surface area contributed by atoms with Crippen LogP contribution in [0.15, 0.2) is 24.3 Å². The molecule has 18 heavy (non-hydrogen) atoms. The number of benzene rings is 1. The normalized spacial score (nSPS) is 10.2. The van der Waals surface area contributed by atoms with E-state index in [0.717, 1.165) is 11.1 Å². The molecule has 2 N–H and O–H groups in total. The van der Waals surface area contributed by atoms with Crippen LogP contribution in [0.1, 0.15) is 11.1 Å². The average Bonchev–Trinajstić information content (AvgIpc) is 2.38. The molecule has 1 rings (SSSR count). The fourth-order valence-electron chi connectivity index (χ4n) is 1.48. The van der Waals surface area contributed by atoms with Crippen molar-refractivity contribution in [3.05, 3.63) is 35.4 Å². The predicted molar refractivity (Wildman–Crippen MR) is 69.1 cm³/mol. The van der Waals surface area contributed by atoms with E-state index in [1.54, 1.807) is 14.2 Å². The van der Waals surface area contributed by atoms with Crippen molar-refractivity contribution in [2.45, 2.75) is 13.2 Å². The van der Waals surface area contributed by atoms with Crippen molar-refractivity contribution in [3.63, 3.8) is 0 Å². The van der Waals surface area contributed by atoms with Crippen LogP contribution in [0.2, 0.25) is 0 Å². The van der Waals surface area contributed by atoms with Gasteiger partial charge in [0.2, 0.25) is 0 Å². The molecule has 2 amide bonds. The maximum Gasteiger partial charge on any atom is 0.317 e. The van der Waals surface area contributed by atoms with Gasteiger partial charge in [0.1, 0.15) is 0 Å². The molecule has 0 heterocycles. The van der Waals surface area contributed by atoms with Gasteiger partial charge in [0, 0.05) is 27.2 Å². The highest BCUT2D eigenvalue weighted by Gasteiger charge is 2.06. The highest BCUT2D eigenvalue weighted by Crippen LogP contribution is 2.05. The lowest BCUT2D eigenvalue weighted by Crippen LogP contribution is -2.38. The second-order valence-electron chi connectivity index (χ2n) is 4.05. The molecule has 100 valence electrons. The second-order valence-corrected chi connectivity index (χ2v) is 4.05. The zero-order chi connectivity index (χ0) is 13.4. The first kappa shape index (κ1) is 14.5. The first-order valence-corrected chi connectivity index (χ1v) is 5.84. The van der Waals surface area contributed by atoms with Crippen LogP contribution < -0.4 is 5.32 Å².